The zero-order chi connectivity index (χ0) is 13.7. The van der Waals surface area contributed by atoms with Crippen LogP contribution in [0, 0.1) is 5.92 Å². The maximum atomic E-state index is 11.4. The van der Waals surface area contributed by atoms with Crippen molar-refractivity contribution in [2.45, 2.75) is 59.6 Å². The van der Waals surface area contributed by atoms with Gasteiger partial charge in [-0.2, -0.15) is 0 Å². The van der Waals surface area contributed by atoms with Gasteiger partial charge in [-0.25, -0.2) is 4.79 Å². The average molecular weight is 244 g/mol. The second-order valence-electron chi connectivity index (χ2n) is 6.62. The number of ether oxygens (including phenoxy) is 1. The number of carbonyl (C=O) groups is 1. The summed E-state index contributed by atoms with van der Waals surface area (Å²) in [7, 11) is 0. The highest BCUT2D eigenvalue weighted by atomic mass is 16.6. The van der Waals surface area contributed by atoms with E-state index in [9.17, 15) is 4.79 Å². The molecule has 1 unspecified atom stereocenters. The molecule has 17 heavy (non-hydrogen) atoms. The van der Waals surface area contributed by atoms with Crippen LogP contribution in [-0.2, 0) is 4.74 Å². The molecule has 0 rings (SSSR count). The first-order chi connectivity index (χ1) is 7.49. The lowest BCUT2D eigenvalue weighted by Gasteiger charge is -2.24. The van der Waals surface area contributed by atoms with Gasteiger partial charge in [0.1, 0.15) is 5.60 Å². The minimum absolute atomic E-state index is 0.111. The van der Waals surface area contributed by atoms with Gasteiger partial charge >= 0.3 is 6.09 Å². The predicted octanol–water partition coefficient (Wildman–Crippen LogP) is 2.54. The summed E-state index contributed by atoms with van der Waals surface area (Å²) in [5.74, 6) is 0.377. The summed E-state index contributed by atoms with van der Waals surface area (Å²) in [5, 5.41) is 6.18. The van der Waals surface area contributed by atoms with Crippen molar-refractivity contribution in [3.63, 3.8) is 0 Å². The number of alkyl carbamates (subject to hydrolysis) is 1. The topological polar surface area (TPSA) is 50.4 Å². The lowest BCUT2D eigenvalue weighted by Crippen LogP contribution is -2.42. The molecule has 0 aliphatic heterocycles. The third-order valence-corrected chi connectivity index (χ3v) is 1.97. The molecule has 0 aromatic rings. The molecule has 1 amide bonds. The van der Waals surface area contributed by atoms with Crippen LogP contribution in [-0.4, -0.2) is 30.3 Å². The second kappa shape index (κ2) is 6.24. The number of carbonyl (C=O) groups excluding carboxylic acids is 1. The molecule has 0 aliphatic carbocycles. The van der Waals surface area contributed by atoms with Crippen LogP contribution in [0.3, 0.4) is 0 Å². The fraction of sp³-hybridized carbons (Fsp3) is 0.923. The van der Waals surface area contributed by atoms with Gasteiger partial charge in [0.05, 0.1) is 0 Å². The third kappa shape index (κ3) is 11.5. The molecule has 102 valence electrons. The Hall–Kier alpha value is -0.770. The van der Waals surface area contributed by atoms with Gasteiger partial charge in [-0.15, -0.1) is 0 Å². The molecule has 0 spiro atoms. The van der Waals surface area contributed by atoms with Crippen LogP contribution in [0.1, 0.15) is 48.5 Å². The standard InChI is InChI=1S/C13H28N2O2/c1-10(9-15-12(2,3)4)8-14-11(16)17-13(5,6)7/h10,15H,8-9H2,1-7H3,(H,14,16). The molecule has 2 N–H and O–H groups in total. The van der Waals surface area contributed by atoms with E-state index in [1.807, 2.05) is 20.8 Å². The largest absolute Gasteiger partial charge is 0.444 e. The molecule has 0 bridgehead atoms. The molecule has 0 aliphatic rings. The van der Waals surface area contributed by atoms with E-state index in [2.05, 4.69) is 38.3 Å². The van der Waals surface area contributed by atoms with Gasteiger partial charge in [-0.05, 0) is 54.0 Å². The van der Waals surface area contributed by atoms with Crippen molar-refractivity contribution >= 4 is 6.09 Å². The maximum Gasteiger partial charge on any atom is 0.407 e. The summed E-state index contributed by atoms with van der Waals surface area (Å²) in [6.45, 7) is 15.5. The fourth-order valence-electron chi connectivity index (χ4n) is 1.12. The second-order valence-corrected chi connectivity index (χ2v) is 6.62. The molecule has 0 heterocycles. The van der Waals surface area contributed by atoms with Gasteiger partial charge in [-0.3, -0.25) is 0 Å². The van der Waals surface area contributed by atoms with E-state index in [0.29, 0.717) is 12.5 Å². The Kier molecular flexibility index (Phi) is 5.96. The van der Waals surface area contributed by atoms with Crippen LogP contribution < -0.4 is 10.6 Å². The number of hydrogen-bond acceptors (Lipinski definition) is 3. The predicted molar refractivity (Wildman–Crippen MR) is 71.2 cm³/mol. The van der Waals surface area contributed by atoms with E-state index in [-0.39, 0.29) is 11.6 Å². The number of rotatable bonds is 4. The Morgan fingerprint density at radius 2 is 1.65 bits per heavy atom. The van der Waals surface area contributed by atoms with Crippen LogP contribution >= 0.6 is 0 Å². The minimum Gasteiger partial charge on any atom is -0.444 e. The SMILES string of the molecule is CC(CNC(=O)OC(C)(C)C)CNC(C)(C)C. The molecule has 0 saturated heterocycles. The highest BCUT2D eigenvalue weighted by molar-refractivity contribution is 5.67. The van der Waals surface area contributed by atoms with Gasteiger partial charge in [0.25, 0.3) is 0 Å². The van der Waals surface area contributed by atoms with Crippen molar-refractivity contribution in [3.8, 4) is 0 Å². The van der Waals surface area contributed by atoms with Crippen LogP contribution in [0.4, 0.5) is 4.79 Å². The summed E-state index contributed by atoms with van der Waals surface area (Å²) in [6, 6.07) is 0. The Labute approximate surface area is 105 Å². The Morgan fingerprint density at radius 1 is 1.12 bits per heavy atom. The maximum absolute atomic E-state index is 11.4. The number of nitrogens with one attached hydrogen (secondary N) is 2. The van der Waals surface area contributed by atoms with Gasteiger partial charge in [0.15, 0.2) is 0 Å². The van der Waals surface area contributed by atoms with Gasteiger partial charge in [0.2, 0.25) is 0 Å². The number of hydrogen-bond donors (Lipinski definition) is 2. The van der Waals surface area contributed by atoms with E-state index in [4.69, 9.17) is 4.74 Å². The summed E-state index contributed by atoms with van der Waals surface area (Å²) < 4.78 is 5.16. The number of amides is 1. The Morgan fingerprint density at radius 3 is 2.06 bits per heavy atom. The first-order valence-corrected chi connectivity index (χ1v) is 6.21. The molecule has 0 aromatic carbocycles. The highest BCUT2D eigenvalue weighted by Crippen LogP contribution is 2.06. The van der Waals surface area contributed by atoms with E-state index >= 15 is 0 Å². The molecule has 1 atom stereocenters. The van der Waals surface area contributed by atoms with Crippen LogP contribution in [0.5, 0.6) is 0 Å². The minimum atomic E-state index is -0.434. The molecule has 0 radical (unpaired) electrons. The van der Waals surface area contributed by atoms with Crippen molar-refractivity contribution in [2.24, 2.45) is 5.92 Å². The van der Waals surface area contributed by atoms with Gasteiger partial charge in [0, 0.05) is 12.1 Å². The zero-order valence-electron chi connectivity index (χ0n) is 12.3. The van der Waals surface area contributed by atoms with E-state index in [1.165, 1.54) is 0 Å². The van der Waals surface area contributed by atoms with E-state index in [0.717, 1.165) is 6.54 Å². The Balaban J connectivity index is 3.77. The lowest BCUT2D eigenvalue weighted by atomic mass is 10.1. The van der Waals surface area contributed by atoms with Crippen LogP contribution in [0.15, 0.2) is 0 Å². The van der Waals surface area contributed by atoms with Crippen molar-refractivity contribution in [1.82, 2.24) is 10.6 Å². The molecule has 4 nitrogen and oxygen atoms in total. The molecular weight excluding hydrogens is 216 g/mol. The molecule has 0 fully saturated rings. The quantitative estimate of drug-likeness (QED) is 0.799. The summed E-state index contributed by atoms with van der Waals surface area (Å²) in [4.78, 5) is 11.4. The van der Waals surface area contributed by atoms with Crippen LogP contribution in [0.2, 0.25) is 0 Å². The molecule has 4 heteroatoms. The smallest absolute Gasteiger partial charge is 0.407 e. The molecule has 0 saturated carbocycles. The molecular formula is C13H28N2O2. The normalized spacial score (nSPS) is 14.3. The van der Waals surface area contributed by atoms with Gasteiger partial charge in [-0.1, -0.05) is 6.92 Å². The van der Waals surface area contributed by atoms with Crippen LogP contribution in [0.25, 0.3) is 0 Å². The van der Waals surface area contributed by atoms with Crippen molar-refractivity contribution in [1.29, 1.82) is 0 Å². The zero-order valence-corrected chi connectivity index (χ0v) is 12.3. The van der Waals surface area contributed by atoms with Crippen molar-refractivity contribution < 1.29 is 9.53 Å². The fourth-order valence-corrected chi connectivity index (χ4v) is 1.12. The van der Waals surface area contributed by atoms with Gasteiger partial charge < -0.3 is 15.4 Å². The first kappa shape index (κ1) is 16.2. The summed E-state index contributed by atoms with van der Waals surface area (Å²) in [6.07, 6.45) is -0.347. The van der Waals surface area contributed by atoms with Crippen molar-refractivity contribution in [2.75, 3.05) is 13.1 Å². The average Bonchev–Trinajstić information content (AvgIpc) is 2.07. The molecule has 0 aromatic heterocycles. The summed E-state index contributed by atoms with van der Waals surface area (Å²) >= 11 is 0. The van der Waals surface area contributed by atoms with E-state index < -0.39 is 5.60 Å². The third-order valence-electron chi connectivity index (χ3n) is 1.97. The summed E-state index contributed by atoms with van der Waals surface area (Å²) in [5.41, 5.74) is -0.322. The Bertz CT molecular complexity index is 239. The van der Waals surface area contributed by atoms with Crippen molar-refractivity contribution in [3.05, 3.63) is 0 Å². The van der Waals surface area contributed by atoms with E-state index in [1.54, 1.807) is 0 Å². The highest BCUT2D eigenvalue weighted by Gasteiger charge is 2.17. The lowest BCUT2D eigenvalue weighted by molar-refractivity contribution is 0.0520. The monoisotopic (exact) mass is 244 g/mol. The first-order valence-electron chi connectivity index (χ1n) is 6.21.